The van der Waals surface area contributed by atoms with Gasteiger partial charge in [-0.05, 0) is 87.8 Å². The van der Waals surface area contributed by atoms with Gasteiger partial charge in [0.05, 0.1) is 22.1 Å². The van der Waals surface area contributed by atoms with Gasteiger partial charge in [0.2, 0.25) is 0 Å². The van der Waals surface area contributed by atoms with E-state index in [9.17, 15) is 0 Å². The molecule has 13 rings (SSSR count). The first-order valence-electron chi connectivity index (χ1n) is 20.9. The molecule has 4 nitrogen and oxygen atoms in total. The van der Waals surface area contributed by atoms with Gasteiger partial charge in [-0.15, -0.1) is 0 Å². The molecule has 0 fully saturated rings. The number of fused-ring (bicyclic) bond motifs is 13. The van der Waals surface area contributed by atoms with Crippen LogP contribution in [0.4, 0.5) is 0 Å². The number of hydrogen-bond acceptors (Lipinski definition) is 1. The SMILES string of the molecule is c1ccc(-c2ccc3c(c2)c2cc(-c4ccccc4)ccc2n3-c2ccc(-c3cccc4c5nc6c7ccccc7c7ccccc7n6c5n(-c5ccccc5)c34)cc2)cc1. The van der Waals surface area contributed by atoms with Crippen LogP contribution >= 0.6 is 0 Å². The minimum atomic E-state index is 0.971. The number of nitrogens with zero attached hydrogens (tertiary/aromatic N) is 4. The Morgan fingerprint density at radius 1 is 0.311 bits per heavy atom. The lowest BCUT2D eigenvalue weighted by atomic mass is 10.0. The molecule has 0 amide bonds. The van der Waals surface area contributed by atoms with Crippen LogP contribution in [-0.4, -0.2) is 18.5 Å². The second-order valence-corrected chi connectivity index (χ2v) is 16.0. The maximum atomic E-state index is 5.50. The van der Waals surface area contributed by atoms with E-state index in [1.165, 1.54) is 54.8 Å². The highest BCUT2D eigenvalue weighted by Gasteiger charge is 2.24. The van der Waals surface area contributed by atoms with Gasteiger partial charge in [-0.3, -0.25) is 8.97 Å². The van der Waals surface area contributed by atoms with E-state index >= 15 is 0 Å². The highest BCUT2D eigenvalue weighted by molar-refractivity contribution is 6.18. The summed E-state index contributed by atoms with van der Waals surface area (Å²) in [5.74, 6) is 0. The van der Waals surface area contributed by atoms with Gasteiger partial charge >= 0.3 is 0 Å². The van der Waals surface area contributed by atoms with Crippen molar-refractivity contribution in [2.24, 2.45) is 0 Å². The maximum absolute atomic E-state index is 5.50. The molecule has 4 heteroatoms. The van der Waals surface area contributed by atoms with E-state index in [-0.39, 0.29) is 0 Å². The van der Waals surface area contributed by atoms with Gasteiger partial charge in [-0.1, -0.05) is 164 Å². The molecule has 9 aromatic carbocycles. The van der Waals surface area contributed by atoms with Crippen LogP contribution in [0.1, 0.15) is 0 Å². The molecule has 0 radical (unpaired) electrons. The van der Waals surface area contributed by atoms with Crippen LogP contribution in [0.15, 0.2) is 218 Å². The Morgan fingerprint density at radius 2 is 0.836 bits per heavy atom. The minimum absolute atomic E-state index is 0.971. The average molecular weight is 777 g/mol. The molecule has 4 heterocycles. The number of para-hydroxylation sites is 3. The van der Waals surface area contributed by atoms with Crippen LogP contribution < -0.4 is 0 Å². The molecule has 0 atom stereocenters. The molecule has 0 saturated carbocycles. The summed E-state index contributed by atoms with van der Waals surface area (Å²) >= 11 is 0. The smallest absolute Gasteiger partial charge is 0.151 e. The predicted octanol–water partition coefficient (Wildman–Crippen LogP) is 14.8. The first-order chi connectivity index (χ1) is 30.3. The minimum Gasteiger partial charge on any atom is -0.309 e. The maximum Gasteiger partial charge on any atom is 0.151 e. The fourth-order valence-corrected chi connectivity index (χ4v) is 9.87. The zero-order chi connectivity index (χ0) is 40.0. The summed E-state index contributed by atoms with van der Waals surface area (Å²) in [6.07, 6.45) is 0. The monoisotopic (exact) mass is 776 g/mol. The number of rotatable bonds is 5. The number of imidazole rings is 1. The standard InChI is InChI=1S/C57H36N4/c1-4-15-37(16-5-1)40-29-33-52-49(35-40)50-36-41(38-17-6-2-7-18-38)30-34-53(50)59(52)43-31-27-39(28-32-43)44-24-14-25-48-54-57(60(55(44)48)42-19-8-3-9-20-42)61-51-26-13-12-22-46(51)45-21-10-11-23-47(45)56(61)58-54/h1-36H. The number of pyridine rings is 1. The lowest BCUT2D eigenvalue weighted by Crippen LogP contribution is -2.00. The van der Waals surface area contributed by atoms with Crippen molar-refractivity contribution in [3.05, 3.63) is 218 Å². The molecular formula is C57H36N4. The molecule has 13 aromatic rings. The third-order valence-electron chi connectivity index (χ3n) is 12.6. The Labute approximate surface area is 351 Å². The zero-order valence-electron chi connectivity index (χ0n) is 33.1. The second kappa shape index (κ2) is 13.2. The van der Waals surface area contributed by atoms with Crippen molar-refractivity contribution in [2.45, 2.75) is 0 Å². The predicted molar refractivity (Wildman–Crippen MR) is 255 cm³/mol. The Balaban J connectivity index is 1.03. The molecular weight excluding hydrogens is 741 g/mol. The van der Waals surface area contributed by atoms with Gasteiger partial charge in [-0.2, -0.15) is 0 Å². The fraction of sp³-hybridized carbons (Fsp3) is 0. The van der Waals surface area contributed by atoms with Crippen LogP contribution in [0.2, 0.25) is 0 Å². The van der Waals surface area contributed by atoms with Crippen molar-refractivity contribution in [3.8, 4) is 44.8 Å². The Bertz CT molecular complexity index is 3740. The highest BCUT2D eigenvalue weighted by atomic mass is 15.2. The van der Waals surface area contributed by atoms with Crippen molar-refractivity contribution >= 4 is 71.2 Å². The largest absolute Gasteiger partial charge is 0.309 e. The third-order valence-corrected chi connectivity index (χ3v) is 12.6. The molecule has 4 aromatic heterocycles. The van der Waals surface area contributed by atoms with E-state index in [1.807, 2.05) is 0 Å². The van der Waals surface area contributed by atoms with Crippen LogP contribution in [0, 0.1) is 0 Å². The van der Waals surface area contributed by atoms with Gasteiger partial charge in [0, 0.05) is 43.9 Å². The van der Waals surface area contributed by atoms with Crippen molar-refractivity contribution < 1.29 is 0 Å². The van der Waals surface area contributed by atoms with Gasteiger partial charge < -0.3 is 4.57 Å². The van der Waals surface area contributed by atoms with E-state index in [0.29, 0.717) is 0 Å². The normalized spacial score (nSPS) is 11.9. The molecule has 284 valence electrons. The highest BCUT2D eigenvalue weighted by Crippen LogP contribution is 2.42. The number of benzene rings is 9. The molecule has 0 aliphatic carbocycles. The van der Waals surface area contributed by atoms with Crippen LogP contribution in [0.3, 0.4) is 0 Å². The van der Waals surface area contributed by atoms with Gasteiger partial charge in [0.15, 0.2) is 5.65 Å². The molecule has 0 N–H and O–H groups in total. The summed E-state index contributed by atoms with van der Waals surface area (Å²) in [5.41, 5.74) is 17.1. The van der Waals surface area contributed by atoms with Gasteiger partial charge in [0.25, 0.3) is 0 Å². The first kappa shape index (κ1) is 33.7. The first-order valence-corrected chi connectivity index (χ1v) is 20.9. The van der Waals surface area contributed by atoms with E-state index in [2.05, 4.69) is 232 Å². The van der Waals surface area contributed by atoms with Gasteiger partial charge in [0.1, 0.15) is 11.2 Å². The van der Waals surface area contributed by atoms with Gasteiger partial charge in [-0.25, -0.2) is 4.98 Å². The van der Waals surface area contributed by atoms with Crippen LogP contribution in [-0.2, 0) is 0 Å². The molecule has 0 aliphatic heterocycles. The van der Waals surface area contributed by atoms with Crippen molar-refractivity contribution in [1.29, 1.82) is 0 Å². The summed E-state index contributed by atoms with van der Waals surface area (Å²) < 4.78 is 7.22. The number of hydrogen-bond donors (Lipinski definition) is 0. The van der Waals surface area contributed by atoms with E-state index in [1.54, 1.807) is 0 Å². The Morgan fingerprint density at radius 3 is 1.49 bits per heavy atom. The summed E-state index contributed by atoms with van der Waals surface area (Å²) in [5, 5.41) is 7.17. The lowest BCUT2D eigenvalue weighted by molar-refractivity contribution is 1.12. The number of aromatic nitrogens is 4. The summed E-state index contributed by atoms with van der Waals surface area (Å²) in [6, 6.07) is 79.1. The van der Waals surface area contributed by atoms with Crippen molar-refractivity contribution in [2.75, 3.05) is 0 Å². The van der Waals surface area contributed by atoms with Crippen molar-refractivity contribution in [3.63, 3.8) is 0 Å². The Kier molecular flexibility index (Phi) is 7.27. The van der Waals surface area contributed by atoms with Crippen molar-refractivity contribution in [1.82, 2.24) is 18.5 Å². The molecule has 0 unspecified atom stereocenters. The van der Waals surface area contributed by atoms with Crippen LogP contribution in [0.25, 0.3) is 116 Å². The van der Waals surface area contributed by atoms with E-state index in [0.717, 1.165) is 61.1 Å². The zero-order valence-corrected chi connectivity index (χ0v) is 33.1. The topological polar surface area (TPSA) is 27.2 Å². The average Bonchev–Trinajstić information content (AvgIpc) is 4.00. The lowest BCUT2D eigenvalue weighted by Gasteiger charge is -2.14. The quantitative estimate of drug-likeness (QED) is 0.160. The third kappa shape index (κ3) is 5.03. The second-order valence-electron chi connectivity index (χ2n) is 16.0. The van der Waals surface area contributed by atoms with E-state index < -0.39 is 0 Å². The van der Waals surface area contributed by atoms with Crippen LogP contribution in [0.5, 0.6) is 0 Å². The molecule has 0 saturated heterocycles. The molecule has 0 bridgehead atoms. The summed E-state index contributed by atoms with van der Waals surface area (Å²) in [6.45, 7) is 0. The Hall–Kier alpha value is -8.21. The molecule has 0 aliphatic rings. The summed E-state index contributed by atoms with van der Waals surface area (Å²) in [4.78, 5) is 5.50. The molecule has 61 heavy (non-hydrogen) atoms. The fourth-order valence-electron chi connectivity index (χ4n) is 9.87. The summed E-state index contributed by atoms with van der Waals surface area (Å²) in [7, 11) is 0. The van der Waals surface area contributed by atoms with E-state index in [4.69, 9.17) is 4.98 Å². The molecule has 0 spiro atoms.